The number of carbonyl (C=O) groups is 3. The van der Waals surface area contributed by atoms with Gasteiger partial charge in [-0.15, -0.1) is 0 Å². The predicted molar refractivity (Wildman–Crippen MR) is 104 cm³/mol. The number of amides is 3. The zero-order valence-corrected chi connectivity index (χ0v) is 16.1. The van der Waals surface area contributed by atoms with Crippen LogP contribution in [-0.4, -0.2) is 38.2 Å². The van der Waals surface area contributed by atoms with Gasteiger partial charge in [-0.3, -0.25) is 9.59 Å². The van der Waals surface area contributed by atoms with Gasteiger partial charge in [-0.25, -0.2) is 4.79 Å². The number of nitrogens with one attached hydrogen (secondary N) is 3. The predicted octanol–water partition coefficient (Wildman–Crippen LogP) is 2.90. The van der Waals surface area contributed by atoms with Gasteiger partial charge in [-0.05, 0) is 42.0 Å². The molecule has 0 aliphatic carbocycles. The number of hydrogen-bond donors (Lipinski definition) is 3. The van der Waals surface area contributed by atoms with Crippen molar-refractivity contribution in [2.75, 3.05) is 19.0 Å². The van der Waals surface area contributed by atoms with Crippen LogP contribution < -0.4 is 20.7 Å². The third-order valence-corrected chi connectivity index (χ3v) is 3.85. The van der Waals surface area contributed by atoms with Crippen LogP contribution >= 0.6 is 0 Å². The average molecular weight is 421 g/mol. The number of carbonyl (C=O) groups excluding carboxylic acids is 3. The second-order valence-corrected chi connectivity index (χ2v) is 5.99. The molecule has 0 radical (unpaired) electrons. The van der Waals surface area contributed by atoms with E-state index in [1.54, 1.807) is 24.3 Å². The molecule has 2 aromatic rings. The summed E-state index contributed by atoms with van der Waals surface area (Å²) in [5, 5.41) is 7.83. The van der Waals surface area contributed by atoms with Crippen molar-refractivity contribution in [2.24, 2.45) is 0 Å². The number of ether oxygens (including phenoxy) is 2. The first-order valence-corrected chi connectivity index (χ1v) is 8.91. The minimum absolute atomic E-state index is 0.0348. The van der Waals surface area contributed by atoms with Gasteiger partial charge in [0.2, 0.25) is 0 Å². The number of methoxy groups -OCH3 is 1. The van der Waals surface area contributed by atoms with Crippen molar-refractivity contribution in [1.29, 1.82) is 0 Å². The lowest BCUT2D eigenvalue weighted by Crippen LogP contribution is -2.28. The first kappa shape index (κ1) is 22.6. The van der Waals surface area contributed by atoms with Crippen LogP contribution in [0, 0.1) is 0 Å². The number of benzene rings is 2. The number of esters is 1. The van der Waals surface area contributed by atoms with Gasteiger partial charge in [0.15, 0.2) is 0 Å². The van der Waals surface area contributed by atoms with Gasteiger partial charge in [0, 0.05) is 24.3 Å². The van der Waals surface area contributed by atoms with E-state index in [4.69, 9.17) is 0 Å². The molecule has 0 heterocycles. The lowest BCUT2D eigenvalue weighted by Gasteiger charge is -2.09. The lowest BCUT2D eigenvalue weighted by molar-refractivity contribution is -0.140. The van der Waals surface area contributed by atoms with Gasteiger partial charge in [0.25, 0.3) is 5.91 Å². The number of hydrogen-bond acceptors (Lipinski definition) is 5. The molecule has 0 fully saturated rings. The molecule has 2 aromatic carbocycles. The van der Waals surface area contributed by atoms with Crippen LogP contribution in [0.3, 0.4) is 0 Å². The zero-order chi connectivity index (χ0) is 21.9. The van der Waals surface area contributed by atoms with Crippen molar-refractivity contribution >= 4 is 23.6 Å². The Balaban J connectivity index is 1.77. The zero-order valence-electron chi connectivity index (χ0n) is 16.1. The summed E-state index contributed by atoms with van der Waals surface area (Å²) in [5.74, 6) is -0.736. The van der Waals surface area contributed by atoms with Crippen LogP contribution in [-0.2, 0) is 16.1 Å². The molecule has 0 aliphatic rings. The topological polar surface area (TPSA) is 106 Å². The fourth-order valence-corrected chi connectivity index (χ4v) is 2.33. The second kappa shape index (κ2) is 11.3. The number of rotatable bonds is 9. The number of alkyl halides is 2. The highest BCUT2D eigenvalue weighted by Gasteiger charge is 2.08. The molecule has 0 unspecified atom stereocenters. The third-order valence-electron chi connectivity index (χ3n) is 3.85. The van der Waals surface area contributed by atoms with Crippen LogP contribution in [0.2, 0.25) is 0 Å². The van der Waals surface area contributed by atoms with Gasteiger partial charge in [0.1, 0.15) is 5.75 Å². The van der Waals surface area contributed by atoms with Crippen LogP contribution in [0.25, 0.3) is 0 Å². The second-order valence-electron chi connectivity index (χ2n) is 5.99. The van der Waals surface area contributed by atoms with Crippen molar-refractivity contribution in [2.45, 2.75) is 19.6 Å². The summed E-state index contributed by atoms with van der Waals surface area (Å²) < 4.78 is 33.0. The Morgan fingerprint density at radius 1 is 0.967 bits per heavy atom. The Kier molecular flexibility index (Phi) is 8.55. The van der Waals surface area contributed by atoms with E-state index in [2.05, 4.69) is 25.4 Å². The van der Waals surface area contributed by atoms with E-state index in [0.29, 0.717) is 16.8 Å². The summed E-state index contributed by atoms with van der Waals surface area (Å²) in [5.41, 5.74) is 1.54. The van der Waals surface area contributed by atoms with Crippen molar-refractivity contribution in [3.05, 3.63) is 59.7 Å². The highest BCUT2D eigenvalue weighted by Crippen LogP contribution is 2.15. The Morgan fingerprint density at radius 2 is 1.63 bits per heavy atom. The van der Waals surface area contributed by atoms with Gasteiger partial charge in [-0.1, -0.05) is 12.1 Å². The fourth-order valence-electron chi connectivity index (χ4n) is 2.33. The monoisotopic (exact) mass is 421 g/mol. The maximum absolute atomic E-state index is 12.1. The summed E-state index contributed by atoms with van der Waals surface area (Å²) in [7, 11) is 1.27. The molecule has 10 heteroatoms. The molecule has 0 saturated heterocycles. The molecule has 0 saturated carbocycles. The molecule has 8 nitrogen and oxygen atoms in total. The van der Waals surface area contributed by atoms with Gasteiger partial charge >= 0.3 is 18.6 Å². The fraction of sp³-hybridized carbons (Fsp3) is 0.250. The molecular formula is C20H21F2N3O5. The molecule has 0 atom stereocenters. The van der Waals surface area contributed by atoms with E-state index in [1.807, 2.05) is 0 Å². The largest absolute Gasteiger partial charge is 0.469 e. The van der Waals surface area contributed by atoms with E-state index in [1.165, 1.54) is 31.4 Å². The third kappa shape index (κ3) is 7.74. The Hall–Kier alpha value is -3.69. The minimum Gasteiger partial charge on any atom is -0.469 e. The van der Waals surface area contributed by atoms with Crippen LogP contribution in [0.5, 0.6) is 5.75 Å². The highest BCUT2D eigenvalue weighted by molar-refractivity contribution is 5.95. The summed E-state index contributed by atoms with van der Waals surface area (Å²) in [4.78, 5) is 35.0. The molecule has 2 rings (SSSR count). The Morgan fingerprint density at radius 3 is 2.23 bits per heavy atom. The van der Waals surface area contributed by atoms with Crippen molar-refractivity contribution < 1.29 is 32.6 Å². The summed E-state index contributed by atoms with van der Waals surface area (Å²) in [6.07, 6.45) is 0.0734. The van der Waals surface area contributed by atoms with E-state index in [0.717, 1.165) is 0 Å². The van der Waals surface area contributed by atoms with E-state index >= 15 is 0 Å². The lowest BCUT2D eigenvalue weighted by atomic mass is 10.2. The first-order chi connectivity index (χ1) is 14.4. The molecule has 160 valence electrons. The van der Waals surface area contributed by atoms with Crippen molar-refractivity contribution in [1.82, 2.24) is 10.6 Å². The summed E-state index contributed by atoms with van der Waals surface area (Å²) >= 11 is 0. The molecule has 30 heavy (non-hydrogen) atoms. The highest BCUT2D eigenvalue weighted by atomic mass is 19.3. The normalized spacial score (nSPS) is 10.3. The number of anilines is 1. The van der Waals surface area contributed by atoms with Gasteiger partial charge in [-0.2, -0.15) is 8.78 Å². The Labute approximate surface area is 171 Å². The number of urea groups is 1. The molecule has 0 spiro atoms. The average Bonchev–Trinajstić information content (AvgIpc) is 2.73. The van der Waals surface area contributed by atoms with Crippen LogP contribution in [0.4, 0.5) is 19.3 Å². The van der Waals surface area contributed by atoms with E-state index < -0.39 is 18.6 Å². The van der Waals surface area contributed by atoms with E-state index in [-0.39, 0.29) is 31.2 Å². The SMILES string of the molecule is COC(=O)CCNC(=O)c1ccc(NC(=O)NCc2ccc(OC(F)F)cc2)cc1. The van der Waals surface area contributed by atoms with Gasteiger partial charge in [0.05, 0.1) is 13.5 Å². The molecule has 3 N–H and O–H groups in total. The standard InChI is InChI=1S/C20H21F2N3O5/c1-29-17(26)10-11-23-18(27)14-4-6-15(7-5-14)25-20(28)24-12-13-2-8-16(9-3-13)30-19(21)22/h2-9,19H,10-12H2,1H3,(H,23,27)(H2,24,25,28). The minimum atomic E-state index is -2.89. The maximum Gasteiger partial charge on any atom is 0.387 e. The van der Waals surface area contributed by atoms with Crippen LogP contribution in [0.15, 0.2) is 48.5 Å². The molecule has 0 bridgehead atoms. The molecule has 0 aliphatic heterocycles. The summed E-state index contributed by atoms with van der Waals surface area (Å²) in [6, 6.07) is 11.6. The van der Waals surface area contributed by atoms with Crippen molar-refractivity contribution in [3.63, 3.8) is 0 Å². The molecule has 3 amide bonds. The maximum atomic E-state index is 12.1. The smallest absolute Gasteiger partial charge is 0.387 e. The Bertz CT molecular complexity index is 858. The number of halogens is 2. The molecule has 0 aromatic heterocycles. The summed E-state index contributed by atoms with van der Waals surface area (Å²) in [6.45, 7) is -2.55. The van der Waals surface area contributed by atoms with Gasteiger partial charge < -0.3 is 25.4 Å². The molecular weight excluding hydrogens is 400 g/mol. The van der Waals surface area contributed by atoms with Crippen LogP contribution in [0.1, 0.15) is 22.3 Å². The van der Waals surface area contributed by atoms with E-state index in [9.17, 15) is 23.2 Å². The quantitative estimate of drug-likeness (QED) is 0.540. The first-order valence-electron chi connectivity index (χ1n) is 8.91. The van der Waals surface area contributed by atoms with Crippen molar-refractivity contribution in [3.8, 4) is 5.75 Å².